The summed E-state index contributed by atoms with van der Waals surface area (Å²) in [7, 11) is 0. The number of fused-ring (bicyclic) bond motifs is 3. The molecule has 8 rings (SSSR count). The molecule has 0 fully saturated rings. The van der Waals surface area contributed by atoms with Crippen LogP contribution in [-0.2, 0) is 5.41 Å². The fourth-order valence-electron chi connectivity index (χ4n) is 6.79. The molecule has 0 radical (unpaired) electrons. The average molecular weight is 603 g/mol. The van der Waals surface area contributed by atoms with Crippen LogP contribution in [0.1, 0.15) is 25.0 Å². The summed E-state index contributed by atoms with van der Waals surface area (Å²) in [5.74, 6) is 1.85. The smallest absolute Gasteiger partial charge is 0.195 e. The van der Waals surface area contributed by atoms with Crippen LogP contribution in [0.4, 0.5) is 5.69 Å². The first-order chi connectivity index (χ1) is 23.0. The second kappa shape index (κ2) is 11.3. The molecule has 0 bridgehead atoms. The van der Waals surface area contributed by atoms with E-state index in [0.717, 1.165) is 50.1 Å². The number of hydrogen-bond donors (Lipinski definition) is 0. The van der Waals surface area contributed by atoms with Gasteiger partial charge in [-0.2, -0.15) is 0 Å². The van der Waals surface area contributed by atoms with E-state index in [2.05, 4.69) is 110 Å². The van der Waals surface area contributed by atoms with Crippen molar-refractivity contribution in [3.05, 3.63) is 168 Å². The Morgan fingerprint density at radius 2 is 1.04 bits per heavy atom. The molecule has 47 heavy (non-hydrogen) atoms. The summed E-state index contributed by atoms with van der Waals surface area (Å²) < 4.78 is 0. The van der Waals surface area contributed by atoms with Crippen molar-refractivity contribution >= 4 is 5.69 Å². The minimum Gasteiger partial charge on any atom is -0.238 e. The Labute approximate surface area is 274 Å². The van der Waals surface area contributed by atoms with E-state index in [4.69, 9.17) is 21.5 Å². The zero-order chi connectivity index (χ0) is 32.0. The predicted molar refractivity (Wildman–Crippen MR) is 191 cm³/mol. The van der Waals surface area contributed by atoms with Gasteiger partial charge in [-0.1, -0.05) is 147 Å². The highest BCUT2D eigenvalue weighted by atomic mass is 15.0. The van der Waals surface area contributed by atoms with Crippen LogP contribution in [0.25, 0.3) is 72.4 Å². The predicted octanol–water partition coefficient (Wildman–Crippen LogP) is 11.1. The van der Waals surface area contributed by atoms with Crippen molar-refractivity contribution in [2.75, 3.05) is 0 Å². The Bertz CT molecular complexity index is 2330. The monoisotopic (exact) mass is 602 g/mol. The zero-order valence-corrected chi connectivity index (χ0v) is 26.1. The molecule has 0 amide bonds. The summed E-state index contributed by atoms with van der Waals surface area (Å²) in [6.07, 6.45) is 0. The molecule has 222 valence electrons. The Balaban J connectivity index is 1.30. The second-order valence-electron chi connectivity index (χ2n) is 12.4. The lowest BCUT2D eigenvalue weighted by Crippen LogP contribution is -2.14. The Kier molecular flexibility index (Phi) is 6.82. The third-order valence-electron chi connectivity index (χ3n) is 9.17. The SMILES string of the molecule is [C-]#[N+]c1cccc2c1-c1cc(-c3ccccc3-c3nc(-c4ccccc4)nc(-c4cccc(-c5ccccc5)c4)n3)ccc1C2(C)C. The lowest BCUT2D eigenvalue weighted by Gasteiger charge is -2.22. The third-order valence-corrected chi connectivity index (χ3v) is 9.17. The molecule has 0 saturated heterocycles. The quantitative estimate of drug-likeness (QED) is 0.184. The van der Waals surface area contributed by atoms with Gasteiger partial charge in [-0.3, -0.25) is 0 Å². The summed E-state index contributed by atoms with van der Waals surface area (Å²) in [4.78, 5) is 19.1. The second-order valence-corrected chi connectivity index (χ2v) is 12.4. The topological polar surface area (TPSA) is 43.0 Å². The number of aromatic nitrogens is 3. The minimum atomic E-state index is -0.189. The van der Waals surface area contributed by atoms with Gasteiger partial charge in [0, 0.05) is 22.1 Å². The maximum Gasteiger partial charge on any atom is 0.195 e. The third kappa shape index (κ3) is 4.90. The Hall–Kier alpha value is -6.18. The van der Waals surface area contributed by atoms with Gasteiger partial charge in [-0.15, -0.1) is 0 Å². The molecule has 1 aliphatic carbocycles. The van der Waals surface area contributed by atoms with E-state index in [1.54, 1.807) is 0 Å². The van der Waals surface area contributed by atoms with Gasteiger partial charge < -0.3 is 0 Å². The van der Waals surface area contributed by atoms with Crippen molar-refractivity contribution in [3.8, 4) is 67.5 Å². The van der Waals surface area contributed by atoms with Crippen LogP contribution in [0.15, 0.2) is 146 Å². The molecule has 0 atom stereocenters. The molecule has 0 unspecified atom stereocenters. The standard InChI is InChI=1S/C43H30N4/c1-43(2)36-25-24-31(27-35(36)39-37(43)22-13-23-38(39)44-3)33-20-10-11-21-34(33)42-46-40(29-16-8-5-9-17-29)45-41(47-42)32-19-12-18-30(26-32)28-14-6-4-7-15-28/h4-27H,1-2H3. The maximum absolute atomic E-state index is 7.89. The number of rotatable bonds is 5. The van der Waals surface area contributed by atoms with Gasteiger partial charge in [0.25, 0.3) is 0 Å². The Morgan fingerprint density at radius 1 is 0.447 bits per heavy atom. The molecule has 0 aliphatic heterocycles. The molecule has 7 aromatic rings. The molecule has 1 aliphatic rings. The van der Waals surface area contributed by atoms with E-state index in [1.165, 1.54) is 11.1 Å². The normalized spacial score (nSPS) is 12.6. The van der Waals surface area contributed by atoms with E-state index < -0.39 is 0 Å². The molecule has 4 heteroatoms. The van der Waals surface area contributed by atoms with Crippen molar-refractivity contribution < 1.29 is 0 Å². The van der Waals surface area contributed by atoms with E-state index in [-0.39, 0.29) is 5.41 Å². The number of hydrogen-bond acceptors (Lipinski definition) is 3. The maximum atomic E-state index is 7.89. The van der Waals surface area contributed by atoms with Crippen LogP contribution in [0.3, 0.4) is 0 Å². The summed E-state index contributed by atoms with van der Waals surface area (Å²) >= 11 is 0. The van der Waals surface area contributed by atoms with Crippen molar-refractivity contribution in [2.24, 2.45) is 0 Å². The first-order valence-corrected chi connectivity index (χ1v) is 15.7. The minimum absolute atomic E-state index is 0.189. The van der Waals surface area contributed by atoms with E-state index in [0.29, 0.717) is 23.2 Å². The van der Waals surface area contributed by atoms with Crippen molar-refractivity contribution in [2.45, 2.75) is 19.3 Å². The van der Waals surface area contributed by atoms with Crippen LogP contribution < -0.4 is 0 Å². The summed E-state index contributed by atoms with van der Waals surface area (Å²) in [5.41, 5.74) is 12.2. The molecule has 0 saturated carbocycles. The molecule has 0 N–H and O–H groups in total. The Morgan fingerprint density at radius 3 is 1.79 bits per heavy atom. The van der Waals surface area contributed by atoms with Gasteiger partial charge in [0.05, 0.1) is 6.57 Å². The number of benzene rings is 6. The van der Waals surface area contributed by atoms with Crippen LogP contribution in [0.2, 0.25) is 0 Å². The molecule has 0 spiro atoms. The fourth-order valence-corrected chi connectivity index (χ4v) is 6.79. The van der Waals surface area contributed by atoms with Crippen molar-refractivity contribution in [3.63, 3.8) is 0 Å². The molecule has 1 aromatic heterocycles. The van der Waals surface area contributed by atoms with E-state index in [1.807, 2.05) is 54.6 Å². The first-order valence-electron chi connectivity index (χ1n) is 15.7. The molecule has 1 heterocycles. The van der Waals surface area contributed by atoms with E-state index in [9.17, 15) is 0 Å². The highest BCUT2D eigenvalue weighted by Crippen LogP contribution is 2.53. The zero-order valence-electron chi connectivity index (χ0n) is 26.1. The van der Waals surface area contributed by atoms with Crippen molar-refractivity contribution in [1.82, 2.24) is 15.0 Å². The van der Waals surface area contributed by atoms with Gasteiger partial charge in [-0.25, -0.2) is 19.8 Å². The molecular formula is C43H30N4. The van der Waals surface area contributed by atoms with Crippen LogP contribution >= 0.6 is 0 Å². The molecule has 6 aromatic carbocycles. The summed E-state index contributed by atoms with van der Waals surface area (Å²) in [5, 5.41) is 0. The summed E-state index contributed by atoms with van der Waals surface area (Å²) in [6, 6.07) is 49.8. The molecule has 4 nitrogen and oxygen atoms in total. The van der Waals surface area contributed by atoms with E-state index >= 15 is 0 Å². The largest absolute Gasteiger partial charge is 0.238 e. The molecular weight excluding hydrogens is 573 g/mol. The van der Waals surface area contributed by atoms with Gasteiger partial charge in [0.1, 0.15) is 0 Å². The summed E-state index contributed by atoms with van der Waals surface area (Å²) in [6.45, 7) is 12.4. The van der Waals surface area contributed by atoms with Crippen LogP contribution in [-0.4, -0.2) is 15.0 Å². The van der Waals surface area contributed by atoms with Crippen LogP contribution in [0.5, 0.6) is 0 Å². The average Bonchev–Trinajstić information content (AvgIpc) is 3.38. The first kappa shape index (κ1) is 28.3. The lowest BCUT2D eigenvalue weighted by molar-refractivity contribution is 0.660. The van der Waals surface area contributed by atoms with Gasteiger partial charge in [0.15, 0.2) is 23.2 Å². The fraction of sp³-hybridized carbons (Fsp3) is 0.0698. The van der Waals surface area contributed by atoms with Crippen LogP contribution in [0, 0.1) is 6.57 Å². The van der Waals surface area contributed by atoms with Gasteiger partial charge in [-0.05, 0) is 56.6 Å². The van der Waals surface area contributed by atoms with Crippen molar-refractivity contribution in [1.29, 1.82) is 0 Å². The highest BCUT2D eigenvalue weighted by molar-refractivity contribution is 5.93. The van der Waals surface area contributed by atoms with Gasteiger partial charge in [0.2, 0.25) is 0 Å². The number of nitrogens with zero attached hydrogens (tertiary/aromatic N) is 4. The van der Waals surface area contributed by atoms with Gasteiger partial charge >= 0.3 is 0 Å². The lowest BCUT2D eigenvalue weighted by atomic mass is 9.82. The highest BCUT2D eigenvalue weighted by Gasteiger charge is 2.36.